The van der Waals surface area contributed by atoms with Crippen molar-refractivity contribution in [3.8, 4) is 16.9 Å². The van der Waals surface area contributed by atoms with Crippen molar-refractivity contribution in [1.82, 2.24) is 4.31 Å². The normalized spacial score (nSPS) is 34.2. The van der Waals surface area contributed by atoms with E-state index in [0.29, 0.717) is 61.3 Å². The SMILES string of the molecule is CC1(C)COC2(CCC3=C4C(CC[C@@]3(O)C2)C2CC[C@@](O)(C(F)(F)C(F)(F)F)[C@@]2(C)C[C@@H]4c2ccc(OS(=O)(=O)C(F)(F)C(F)(F)C(F)(F)C(F)(F)F)cc2)OC1.CN(C)S(=O)(=O)c1ccc(-c2ccc([C@H]3C[C@@]4(C)C(CC[C@@]4(O)C(F)(F)C(F)(F)F)C4CC[C@@]5(O)CC6(CCC5=C43)OCC(C)(C)CO6)cc2)cc1. The van der Waals surface area contributed by atoms with Crippen LogP contribution in [-0.4, -0.2) is 164 Å². The van der Waals surface area contributed by atoms with E-state index in [4.69, 9.17) is 18.9 Å². The van der Waals surface area contributed by atoms with E-state index in [1.165, 1.54) is 33.2 Å². The number of hydrogen-bond acceptors (Lipinski definition) is 13. The maximum atomic E-state index is 15.5. The third kappa shape index (κ3) is 12.9. The molecule has 0 radical (unpaired) electrons. The van der Waals surface area contributed by atoms with E-state index in [-0.39, 0.29) is 98.7 Å². The maximum absolute atomic E-state index is 15.5. The average Bonchev–Trinajstić information content (AvgIpc) is 1.60. The second-order valence-corrected chi connectivity index (χ2v) is 37.8. The zero-order valence-corrected chi connectivity index (χ0v) is 62.1. The van der Waals surface area contributed by atoms with Gasteiger partial charge in [0.25, 0.3) is 0 Å². The molecule has 8 aliphatic carbocycles. The number of ether oxygens (including phenoxy) is 4. The highest BCUT2D eigenvalue weighted by Crippen LogP contribution is 2.74. The van der Waals surface area contributed by atoms with E-state index in [2.05, 4.69) is 4.18 Å². The summed E-state index contributed by atoms with van der Waals surface area (Å²) < 4.78 is 346. The highest BCUT2D eigenvalue weighted by Gasteiger charge is 2.87. The van der Waals surface area contributed by atoms with Crippen LogP contribution in [0.4, 0.5) is 83.4 Å². The molecule has 109 heavy (non-hydrogen) atoms. The number of fused-ring (bicyclic) bond motifs is 8. The summed E-state index contributed by atoms with van der Waals surface area (Å²) in [5, 5.41) is 40.6. The number of sulfonamides is 1. The van der Waals surface area contributed by atoms with E-state index in [1.807, 2.05) is 52.0 Å². The molecular weight excluding hydrogens is 1540 g/mol. The molecule has 10 aliphatic rings. The lowest BCUT2D eigenvalue weighted by Crippen LogP contribution is -2.65. The summed E-state index contributed by atoms with van der Waals surface area (Å²) in [7, 11) is -8.07. The predicted molar refractivity (Wildman–Crippen MR) is 352 cm³/mol. The van der Waals surface area contributed by atoms with Gasteiger partial charge in [-0.1, -0.05) is 101 Å². The molecule has 0 aromatic heterocycles. The van der Waals surface area contributed by atoms with Crippen LogP contribution >= 0.6 is 0 Å². The summed E-state index contributed by atoms with van der Waals surface area (Å²) in [5.74, 6) is -34.4. The van der Waals surface area contributed by atoms with Gasteiger partial charge in [0.15, 0.2) is 11.6 Å². The van der Waals surface area contributed by atoms with Crippen LogP contribution in [0.25, 0.3) is 11.1 Å². The fourth-order valence-corrected chi connectivity index (χ4v) is 21.8. The summed E-state index contributed by atoms with van der Waals surface area (Å²) in [4.78, 5) is 0.133. The number of rotatable bonds is 12. The standard InChI is InChI=1S/C39H48F5NO6S.C35H38F14O7S/c1-33(2)22-50-36(51-23-33)18-15-31-32-28(14-17-35(31,46)21-36)30-16-19-37(47,38(40,41)39(42,43)44)34(30,3)20-29(32)26-8-6-24(7-9-26)25-10-12-27(13-11-25)52(48,49)45(4)5;1-25(2)16-54-28(55-17-25)12-9-23-24-20(8-11-27(23,50)15-28)22-10-13-29(51,30(36,37)33(42,43)44)26(22,3)14-21(24)18-4-6-19(7-5-18)56-57(52,53)35(48,49)32(40,41)31(38,39)34(45,46)47/h6-13,28-30,46-47H,14-23H2,1-5H3;4-7,20-22,50-51H,8-17H2,1-3H3/t28?,29-,30?,34+,35-,37+;20?,21-,22?,26+,27-,29+/m11/s1. The van der Waals surface area contributed by atoms with Gasteiger partial charge in [-0.15, -0.1) is 0 Å². The summed E-state index contributed by atoms with van der Waals surface area (Å²) >= 11 is 0. The maximum Gasteiger partial charge on any atom is 0.460 e. The molecule has 8 fully saturated rings. The summed E-state index contributed by atoms with van der Waals surface area (Å²) in [6, 6.07) is 16.4. The van der Waals surface area contributed by atoms with Crippen LogP contribution < -0.4 is 4.18 Å². The third-order valence-electron chi connectivity index (χ3n) is 26.0. The largest absolute Gasteiger partial charge is 0.460 e. The first kappa shape index (κ1) is 83.6. The van der Waals surface area contributed by atoms with E-state index in [9.17, 15) is 103 Å². The van der Waals surface area contributed by atoms with Crippen LogP contribution in [-0.2, 0) is 39.1 Å². The monoisotopic (exact) mass is 1620 g/mol. The Bertz CT molecular complexity index is 4280. The van der Waals surface area contributed by atoms with Crippen LogP contribution in [0.15, 0.2) is 100.0 Å². The molecule has 610 valence electrons. The molecule has 35 heteroatoms. The number of alkyl halides is 19. The number of benzene rings is 3. The molecule has 12 atom stereocenters. The van der Waals surface area contributed by atoms with E-state index < -0.39 is 173 Å². The first-order valence-corrected chi connectivity index (χ1v) is 38.6. The zero-order valence-electron chi connectivity index (χ0n) is 60.4. The van der Waals surface area contributed by atoms with Crippen molar-refractivity contribution < 1.29 is 144 Å². The van der Waals surface area contributed by atoms with Gasteiger partial charge in [-0.2, -0.15) is 91.8 Å². The smallest absolute Gasteiger partial charge is 0.385 e. The Morgan fingerprint density at radius 2 is 0.798 bits per heavy atom. The quantitative estimate of drug-likeness (QED) is 0.0760. The molecule has 2 aliphatic heterocycles. The van der Waals surface area contributed by atoms with Gasteiger partial charge in [0, 0.05) is 73.3 Å². The summed E-state index contributed by atoms with van der Waals surface area (Å²) in [6.45, 7) is 11.8. The highest BCUT2D eigenvalue weighted by molar-refractivity contribution is 7.89. The van der Waals surface area contributed by atoms with Gasteiger partial charge < -0.3 is 43.6 Å². The van der Waals surface area contributed by atoms with Gasteiger partial charge in [-0.05, 0) is 158 Å². The van der Waals surface area contributed by atoms with Crippen molar-refractivity contribution >= 4 is 20.1 Å². The molecule has 13 rings (SSSR count). The number of aliphatic hydroxyl groups is 4. The van der Waals surface area contributed by atoms with Crippen molar-refractivity contribution in [2.45, 2.75) is 242 Å². The van der Waals surface area contributed by atoms with Crippen LogP contribution in [0, 0.1) is 45.3 Å². The van der Waals surface area contributed by atoms with Crippen molar-refractivity contribution in [1.29, 1.82) is 0 Å². The average molecular weight is 1620 g/mol. The van der Waals surface area contributed by atoms with Gasteiger partial charge >= 0.3 is 57.6 Å². The number of halogens is 19. The summed E-state index contributed by atoms with van der Waals surface area (Å²) in [6.07, 6.45) is -20.3. The Balaban J connectivity index is 0.000000204. The molecule has 3 aromatic carbocycles. The minimum absolute atomic E-state index is 0.00891. The number of hydrogen-bond donors (Lipinski definition) is 4. The Kier molecular flexibility index (Phi) is 20.0. The van der Waals surface area contributed by atoms with Crippen LogP contribution in [0.2, 0.25) is 0 Å². The Morgan fingerprint density at radius 1 is 0.450 bits per heavy atom. The molecule has 0 amide bonds. The first-order valence-electron chi connectivity index (χ1n) is 35.7. The zero-order chi connectivity index (χ0) is 81.0. The Labute approximate surface area is 617 Å². The van der Waals surface area contributed by atoms with E-state index in [0.717, 1.165) is 45.6 Å². The topological polar surface area (TPSA) is 199 Å². The van der Waals surface area contributed by atoms with Crippen LogP contribution in [0.3, 0.4) is 0 Å². The lowest BCUT2D eigenvalue weighted by molar-refractivity contribution is -0.382. The molecule has 4 N–H and O–H groups in total. The summed E-state index contributed by atoms with van der Waals surface area (Å²) in [5.41, 5.74) is -9.90. The molecule has 14 nitrogen and oxygen atoms in total. The molecule has 0 bridgehead atoms. The molecule has 2 heterocycles. The molecule has 2 spiro atoms. The minimum Gasteiger partial charge on any atom is -0.385 e. The van der Waals surface area contributed by atoms with Crippen molar-refractivity contribution in [3.63, 3.8) is 0 Å². The first-order chi connectivity index (χ1) is 49.6. The number of allylic oxidation sites excluding steroid dienone is 2. The number of nitrogens with zero attached hydrogens (tertiary/aromatic N) is 1. The Morgan fingerprint density at radius 3 is 1.14 bits per heavy atom. The van der Waals surface area contributed by atoms with Crippen molar-refractivity contribution in [2.75, 3.05) is 40.5 Å². The molecule has 6 saturated carbocycles. The molecule has 4 unspecified atom stereocenters. The Hall–Kier alpha value is -4.85. The lowest BCUT2D eigenvalue weighted by atomic mass is 9.49. The second-order valence-electron chi connectivity index (χ2n) is 34.1. The molecule has 2 saturated heterocycles. The fourth-order valence-electron chi connectivity index (χ4n) is 20.0. The second kappa shape index (κ2) is 26.1. The third-order valence-corrected chi connectivity index (χ3v) is 29.1. The van der Waals surface area contributed by atoms with Gasteiger partial charge in [0.05, 0.1) is 42.5 Å². The van der Waals surface area contributed by atoms with Gasteiger partial charge in [-0.25, -0.2) is 12.7 Å². The predicted octanol–water partition coefficient (Wildman–Crippen LogP) is 16.9. The highest BCUT2D eigenvalue weighted by atomic mass is 32.2. The minimum atomic E-state index is -7.58. The van der Waals surface area contributed by atoms with Crippen LogP contribution in [0.5, 0.6) is 5.75 Å². The van der Waals surface area contributed by atoms with Crippen molar-refractivity contribution in [3.05, 3.63) is 106 Å². The molecule has 3 aromatic rings. The van der Waals surface area contributed by atoms with E-state index in [1.54, 1.807) is 12.1 Å². The van der Waals surface area contributed by atoms with Crippen molar-refractivity contribution in [2.24, 2.45) is 45.3 Å². The van der Waals surface area contributed by atoms with Crippen LogP contribution in [0.1, 0.15) is 167 Å². The van der Waals surface area contributed by atoms with E-state index >= 15 is 17.6 Å². The van der Waals surface area contributed by atoms with Gasteiger partial charge in [-0.3, -0.25) is 0 Å². The fraction of sp³-hybridized carbons (Fsp3) is 0.703. The molecular formula is C74H86F19NO13S2. The van der Waals surface area contributed by atoms with Gasteiger partial charge in [0.1, 0.15) is 17.0 Å². The van der Waals surface area contributed by atoms with Gasteiger partial charge in [0.2, 0.25) is 10.0 Å². The lowest BCUT2D eigenvalue weighted by Gasteiger charge is -2.59.